The summed E-state index contributed by atoms with van der Waals surface area (Å²) in [7, 11) is 0. The number of anilines is 1. The van der Waals surface area contributed by atoms with Gasteiger partial charge in [0.05, 0.1) is 16.9 Å². The minimum Gasteiger partial charge on any atom is -0.384 e. The van der Waals surface area contributed by atoms with Gasteiger partial charge in [-0.1, -0.05) is 26.8 Å². The first-order valence-corrected chi connectivity index (χ1v) is 6.58. The molecule has 0 fully saturated rings. The van der Waals surface area contributed by atoms with E-state index in [1.54, 1.807) is 12.1 Å². The second kappa shape index (κ2) is 5.09. The van der Waals surface area contributed by atoms with Gasteiger partial charge in [0, 0.05) is 6.07 Å². The lowest BCUT2D eigenvalue weighted by Crippen LogP contribution is -2.10. The van der Waals surface area contributed by atoms with Gasteiger partial charge < -0.3 is 5.73 Å². The molecule has 0 atom stereocenters. The molecule has 2 N–H and O–H groups in total. The zero-order valence-electron chi connectivity index (χ0n) is 12.2. The van der Waals surface area contributed by atoms with Gasteiger partial charge in [0.2, 0.25) is 0 Å². The summed E-state index contributed by atoms with van der Waals surface area (Å²) in [6, 6.07) is 6.68. The van der Waals surface area contributed by atoms with Crippen LogP contribution in [0.1, 0.15) is 32.0 Å². The summed E-state index contributed by atoms with van der Waals surface area (Å²) in [6.07, 6.45) is -3.69. The van der Waals surface area contributed by atoms with Gasteiger partial charge in [-0.3, -0.25) is 0 Å². The fourth-order valence-corrected chi connectivity index (χ4v) is 2.10. The number of hydrogen-bond donors (Lipinski definition) is 1. The fourth-order valence-electron chi connectivity index (χ4n) is 2.10. The van der Waals surface area contributed by atoms with Gasteiger partial charge in [0.25, 0.3) is 0 Å². The normalized spacial score (nSPS) is 12.7. The highest BCUT2D eigenvalue weighted by Crippen LogP contribution is 2.31. The van der Waals surface area contributed by atoms with Gasteiger partial charge in [0.1, 0.15) is 5.82 Å². The summed E-state index contributed by atoms with van der Waals surface area (Å²) in [5.41, 5.74) is 6.25. The van der Waals surface area contributed by atoms with Crippen LogP contribution >= 0.6 is 0 Å². The molecule has 0 aliphatic heterocycles. The number of hydrogen-bond acceptors (Lipinski definition) is 2. The van der Waals surface area contributed by atoms with Gasteiger partial charge in [0.15, 0.2) is 0 Å². The standard InChI is InChI=1S/C15H18F3N3/c1-14(2,3)9-11-8-13(19)21(20-11)12-6-4-5-10(7-12)15(16,17)18/h4-8H,9,19H2,1-3H3. The summed E-state index contributed by atoms with van der Waals surface area (Å²) in [6.45, 7) is 6.19. The van der Waals surface area contributed by atoms with Gasteiger partial charge in [-0.25, -0.2) is 4.68 Å². The van der Waals surface area contributed by atoms with Crippen LogP contribution in [-0.4, -0.2) is 9.78 Å². The van der Waals surface area contributed by atoms with Crippen LogP contribution in [0.25, 0.3) is 5.69 Å². The Morgan fingerprint density at radius 1 is 1.14 bits per heavy atom. The molecule has 2 rings (SSSR count). The van der Waals surface area contributed by atoms with Crippen LogP contribution in [0.3, 0.4) is 0 Å². The Morgan fingerprint density at radius 3 is 2.38 bits per heavy atom. The van der Waals surface area contributed by atoms with Crippen LogP contribution in [-0.2, 0) is 12.6 Å². The summed E-state index contributed by atoms with van der Waals surface area (Å²) in [5.74, 6) is 0.327. The lowest BCUT2D eigenvalue weighted by molar-refractivity contribution is -0.137. The maximum absolute atomic E-state index is 12.8. The van der Waals surface area contributed by atoms with Crippen molar-refractivity contribution in [3.05, 3.63) is 41.6 Å². The van der Waals surface area contributed by atoms with Crippen molar-refractivity contribution in [3.63, 3.8) is 0 Å². The first-order chi connectivity index (χ1) is 9.56. The van der Waals surface area contributed by atoms with Gasteiger partial charge in [-0.2, -0.15) is 18.3 Å². The molecule has 0 amide bonds. The van der Waals surface area contributed by atoms with E-state index in [0.717, 1.165) is 17.8 Å². The van der Waals surface area contributed by atoms with Gasteiger partial charge in [-0.05, 0) is 30.0 Å². The van der Waals surface area contributed by atoms with E-state index in [1.807, 2.05) is 0 Å². The molecule has 0 aliphatic rings. The number of halogens is 3. The Kier molecular flexibility index (Phi) is 3.74. The molecule has 1 heterocycles. The van der Waals surface area contributed by atoms with E-state index in [2.05, 4.69) is 25.9 Å². The zero-order chi connectivity index (χ0) is 15.8. The molecular weight excluding hydrogens is 279 g/mol. The van der Waals surface area contributed by atoms with Crippen molar-refractivity contribution >= 4 is 5.82 Å². The second-order valence-electron chi connectivity index (χ2n) is 6.26. The van der Waals surface area contributed by atoms with Crippen LogP contribution in [0.4, 0.5) is 19.0 Å². The number of nitrogens with zero attached hydrogens (tertiary/aromatic N) is 2. The predicted molar refractivity (Wildman–Crippen MR) is 76.1 cm³/mol. The molecule has 3 nitrogen and oxygen atoms in total. The Bertz CT molecular complexity index is 636. The first kappa shape index (κ1) is 15.4. The Hall–Kier alpha value is -1.98. The van der Waals surface area contributed by atoms with Crippen LogP contribution in [0.15, 0.2) is 30.3 Å². The SMILES string of the molecule is CC(C)(C)Cc1cc(N)n(-c2cccc(C(F)(F)F)c2)n1. The van der Waals surface area contributed by atoms with Crippen LogP contribution in [0.5, 0.6) is 0 Å². The molecule has 0 bridgehead atoms. The van der Waals surface area contributed by atoms with E-state index >= 15 is 0 Å². The van der Waals surface area contributed by atoms with E-state index in [0.29, 0.717) is 17.9 Å². The topological polar surface area (TPSA) is 43.8 Å². The summed E-state index contributed by atoms with van der Waals surface area (Å²) >= 11 is 0. The average Bonchev–Trinajstić information content (AvgIpc) is 2.67. The van der Waals surface area contributed by atoms with Crippen molar-refractivity contribution in [2.45, 2.75) is 33.4 Å². The third-order valence-corrected chi connectivity index (χ3v) is 2.92. The minimum absolute atomic E-state index is 0.0272. The van der Waals surface area contributed by atoms with Crippen molar-refractivity contribution in [2.24, 2.45) is 5.41 Å². The molecule has 114 valence electrons. The zero-order valence-corrected chi connectivity index (χ0v) is 12.2. The maximum Gasteiger partial charge on any atom is 0.416 e. The van der Waals surface area contributed by atoms with Crippen molar-refractivity contribution in [1.82, 2.24) is 9.78 Å². The first-order valence-electron chi connectivity index (χ1n) is 6.58. The molecule has 21 heavy (non-hydrogen) atoms. The highest BCUT2D eigenvalue weighted by Gasteiger charge is 2.30. The summed E-state index contributed by atoms with van der Waals surface area (Å²) in [4.78, 5) is 0. The van der Waals surface area contributed by atoms with E-state index < -0.39 is 11.7 Å². The monoisotopic (exact) mass is 297 g/mol. The summed E-state index contributed by atoms with van der Waals surface area (Å²) in [5, 5.41) is 4.31. The molecule has 1 aromatic heterocycles. The van der Waals surface area contributed by atoms with E-state index in [9.17, 15) is 13.2 Å². The predicted octanol–water partition coefficient (Wildman–Crippen LogP) is 4.06. The van der Waals surface area contributed by atoms with E-state index in [1.165, 1.54) is 10.7 Å². The highest BCUT2D eigenvalue weighted by atomic mass is 19.4. The second-order valence-corrected chi connectivity index (χ2v) is 6.26. The fraction of sp³-hybridized carbons (Fsp3) is 0.400. The van der Waals surface area contributed by atoms with Crippen LogP contribution in [0.2, 0.25) is 0 Å². The molecule has 0 saturated carbocycles. The van der Waals surface area contributed by atoms with Crippen molar-refractivity contribution in [1.29, 1.82) is 0 Å². The van der Waals surface area contributed by atoms with E-state index in [4.69, 9.17) is 5.73 Å². The van der Waals surface area contributed by atoms with Crippen molar-refractivity contribution in [3.8, 4) is 5.69 Å². The lowest BCUT2D eigenvalue weighted by Gasteiger charge is -2.15. The number of nitrogen functional groups attached to an aromatic ring is 1. The molecule has 0 aliphatic carbocycles. The molecule has 2 aromatic rings. The number of aromatic nitrogens is 2. The highest BCUT2D eigenvalue weighted by molar-refractivity contribution is 5.45. The number of rotatable bonds is 2. The number of nitrogens with two attached hydrogens (primary N) is 1. The molecule has 0 spiro atoms. The van der Waals surface area contributed by atoms with Crippen LogP contribution in [0, 0.1) is 5.41 Å². The Labute approximate surface area is 121 Å². The lowest BCUT2D eigenvalue weighted by atomic mass is 9.91. The number of benzene rings is 1. The molecule has 6 heteroatoms. The summed E-state index contributed by atoms with van der Waals surface area (Å²) < 4.78 is 39.6. The quantitative estimate of drug-likeness (QED) is 0.908. The van der Waals surface area contributed by atoms with Crippen LogP contribution < -0.4 is 5.73 Å². The molecule has 0 saturated heterocycles. The Balaban J connectivity index is 2.39. The smallest absolute Gasteiger partial charge is 0.384 e. The average molecular weight is 297 g/mol. The third kappa shape index (κ3) is 3.77. The van der Waals surface area contributed by atoms with Gasteiger partial charge in [-0.15, -0.1) is 0 Å². The van der Waals surface area contributed by atoms with Crippen molar-refractivity contribution in [2.75, 3.05) is 5.73 Å². The van der Waals surface area contributed by atoms with Gasteiger partial charge >= 0.3 is 6.18 Å². The van der Waals surface area contributed by atoms with Crippen molar-refractivity contribution < 1.29 is 13.2 Å². The number of alkyl halides is 3. The third-order valence-electron chi connectivity index (χ3n) is 2.92. The van der Waals surface area contributed by atoms with E-state index in [-0.39, 0.29) is 5.41 Å². The molecule has 0 unspecified atom stereocenters. The minimum atomic E-state index is -4.38. The largest absolute Gasteiger partial charge is 0.416 e. The molecule has 1 aromatic carbocycles. The maximum atomic E-state index is 12.8. The molecular formula is C15H18F3N3. The molecule has 0 radical (unpaired) electrons. The Morgan fingerprint density at radius 2 is 1.81 bits per heavy atom.